The van der Waals surface area contributed by atoms with Crippen molar-refractivity contribution < 1.29 is 4.79 Å². The first-order valence-corrected chi connectivity index (χ1v) is 9.93. The van der Waals surface area contributed by atoms with E-state index in [9.17, 15) is 4.79 Å². The van der Waals surface area contributed by atoms with E-state index in [4.69, 9.17) is 16.9 Å². The average molecular weight is 366 g/mol. The molecule has 1 N–H and O–H groups in total. The van der Waals surface area contributed by atoms with Gasteiger partial charge in [0.2, 0.25) is 5.91 Å². The van der Waals surface area contributed by atoms with E-state index in [1.807, 2.05) is 18.2 Å². The van der Waals surface area contributed by atoms with Crippen LogP contribution in [0.1, 0.15) is 56.4 Å². The number of amides is 1. The Morgan fingerprint density at radius 1 is 1.46 bits per heavy atom. The molecule has 0 aliphatic carbocycles. The molecule has 3 atom stereocenters. The number of halogens is 1. The largest absolute Gasteiger partial charge is 0.348 e. The Labute approximate surface area is 152 Å². The third-order valence-electron chi connectivity index (χ3n) is 5.31. The molecule has 3 heterocycles. The van der Waals surface area contributed by atoms with Crippen LogP contribution in [0.3, 0.4) is 0 Å². The Hall–Kier alpha value is -1.09. The van der Waals surface area contributed by atoms with Gasteiger partial charge in [-0.15, -0.1) is 11.3 Å². The molecular weight excluding hydrogens is 342 g/mol. The van der Waals surface area contributed by atoms with Gasteiger partial charge in [-0.3, -0.25) is 9.69 Å². The summed E-state index contributed by atoms with van der Waals surface area (Å²) in [6.45, 7) is 3.36. The lowest BCUT2D eigenvalue weighted by atomic mass is 9.92. The number of hydrogen-bond donors (Lipinski definition) is 1. The molecule has 2 fully saturated rings. The summed E-state index contributed by atoms with van der Waals surface area (Å²) < 4.78 is 0.733. The first-order chi connectivity index (χ1) is 11.6. The fourth-order valence-corrected chi connectivity index (χ4v) is 5.45. The summed E-state index contributed by atoms with van der Waals surface area (Å²) in [5.74, 6) is 0.628. The maximum Gasteiger partial charge on any atom is 0.234 e. The number of piperidine rings is 1. The molecule has 0 saturated carbocycles. The normalized spacial score (nSPS) is 27.6. The number of carbonyl (C=O) groups excluding carboxylic acids is 1. The van der Waals surface area contributed by atoms with Crippen LogP contribution in [0.2, 0.25) is 4.34 Å². The van der Waals surface area contributed by atoms with Crippen molar-refractivity contribution in [2.24, 2.45) is 5.92 Å². The number of nitriles is 1. The van der Waals surface area contributed by atoms with Crippen molar-refractivity contribution in [1.29, 1.82) is 5.26 Å². The number of thiophene rings is 1. The molecular formula is C18H24ClN3OS. The van der Waals surface area contributed by atoms with Gasteiger partial charge < -0.3 is 5.32 Å². The minimum absolute atomic E-state index is 0.0536. The third-order valence-corrected chi connectivity index (χ3v) is 6.65. The van der Waals surface area contributed by atoms with E-state index in [1.165, 1.54) is 37.0 Å². The number of fused-ring (bicyclic) bond motifs is 2. The van der Waals surface area contributed by atoms with Gasteiger partial charge in [-0.05, 0) is 50.2 Å². The number of rotatable bonds is 6. The lowest BCUT2D eigenvalue weighted by Gasteiger charge is -2.38. The van der Waals surface area contributed by atoms with Gasteiger partial charge in [0.15, 0.2) is 0 Å². The second kappa shape index (κ2) is 7.86. The quantitative estimate of drug-likeness (QED) is 0.824. The molecule has 2 unspecified atom stereocenters. The van der Waals surface area contributed by atoms with Crippen molar-refractivity contribution >= 4 is 28.8 Å². The molecule has 24 heavy (non-hydrogen) atoms. The highest BCUT2D eigenvalue weighted by atomic mass is 35.5. The van der Waals surface area contributed by atoms with Crippen LogP contribution in [0, 0.1) is 17.2 Å². The molecule has 2 aliphatic rings. The molecule has 130 valence electrons. The van der Waals surface area contributed by atoms with Gasteiger partial charge in [-0.25, -0.2) is 0 Å². The minimum atomic E-state index is -0.206. The fraction of sp³-hybridized carbons (Fsp3) is 0.667. The topological polar surface area (TPSA) is 56.1 Å². The highest BCUT2D eigenvalue weighted by Gasteiger charge is 2.39. The maximum atomic E-state index is 11.9. The standard InChI is InChI=1S/C18H24ClN3OS/c1-12-10-13-2-3-14(11-12)22(13)9-7-15(21-18(23)6-8-20)16-4-5-17(19)24-16/h4-5,12-15H,2-3,6-7,9-11H2,1H3,(H,21,23)/t12?,13?,14?,15-/m0/s1. The highest BCUT2D eigenvalue weighted by molar-refractivity contribution is 7.16. The summed E-state index contributed by atoms with van der Waals surface area (Å²) in [4.78, 5) is 15.6. The minimum Gasteiger partial charge on any atom is -0.348 e. The molecule has 6 heteroatoms. The zero-order valence-electron chi connectivity index (χ0n) is 14.0. The van der Waals surface area contributed by atoms with Gasteiger partial charge >= 0.3 is 0 Å². The molecule has 2 bridgehead atoms. The molecule has 3 rings (SSSR count). The van der Waals surface area contributed by atoms with Gasteiger partial charge in [-0.2, -0.15) is 5.26 Å². The summed E-state index contributed by atoms with van der Waals surface area (Å²) in [6, 6.07) is 7.14. The van der Waals surface area contributed by atoms with Gasteiger partial charge in [0, 0.05) is 23.5 Å². The van der Waals surface area contributed by atoms with Crippen molar-refractivity contribution in [1.82, 2.24) is 10.2 Å². The molecule has 4 nitrogen and oxygen atoms in total. The van der Waals surface area contributed by atoms with Crippen LogP contribution in [0.4, 0.5) is 0 Å². The van der Waals surface area contributed by atoms with E-state index < -0.39 is 0 Å². The molecule has 2 aliphatic heterocycles. The Balaban J connectivity index is 1.64. The van der Waals surface area contributed by atoms with Crippen molar-refractivity contribution in [3.05, 3.63) is 21.3 Å². The number of carbonyl (C=O) groups is 1. The molecule has 1 aromatic rings. The Bertz CT molecular complexity index is 612. The van der Waals surface area contributed by atoms with Gasteiger partial charge in [0.05, 0.1) is 16.4 Å². The van der Waals surface area contributed by atoms with Gasteiger partial charge in [-0.1, -0.05) is 18.5 Å². The van der Waals surface area contributed by atoms with Crippen LogP contribution in [0.15, 0.2) is 12.1 Å². The van der Waals surface area contributed by atoms with Crippen molar-refractivity contribution in [3.63, 3.8) is 0 Å². The lowest BCUT2D eigenvalue weighted by molar-refractivity contribution is -0.120. The van der Waals surface area contributed by atoms with Crippen LogP contribution >= 0.6 is 22.9 Å². The number of hydrogen-bond acceptors (Lipinski definition) is 4. The summed E-state index contributed by atoms with van der Waals surface area (Å²) in [7, 11) is 0. The van der Waals surface area contributed by atoms with Crippen molar-refractivity contribution in [2.75, 3.05) is 6.54 Å². The summed E-state index contributed by atoms with van der Waals surface area (Å²) >= 11 is 7.58. The number of nitrogens with one attached hydrogen (secondary N) is 1. The molecule has 0 spiro atoms. The fourth-order valence-electron chi connectivity index (χ4n) is 4.31. The van der Waals surface area contributed by atoms with Gasteiger partial charge in [0.1, 0.15) is 6.42 Å². The Kier molecular flexibility index (Phi) is 5.80. The first kappa shape index (κ1) is 17.7. The van der Waals surface area contributed by atoms with Crippen LogP contribution in [0.25, 0.3) is 0 Å². The Morgan fingerprint density at radius 2 is 2.17 bits per heavy atom. The molecule has 0 aromatic carbocycles. The molecule has 1 aromatic heterocycles. The second-order valence-electron chi connectivity index (χ2n) is 7.08. The van der Waals surface area contributed by atoms with E-state index in [0.29, 0.717) is 12.1 Å². The molecule has 1 amide bonds. The van der Waals surface area contributed by atoms with E-state index in [2.05, 4.69) is 17.1 Å². The molecule has 0 radical (unpaired) electrons. The Morgan fingerprint density at radius 3 is 2.75 bits per heavy atom. The van der Waals surface area contributed by atoms with Crippen LogP contribution in [0.5, 0.6) is 0 Å². The monoisotopic (exact) mass is 365 g/mol. The van der Waals surface area contributed by atoms with Crippen molar-refractivity contribution in [2.45, 2.75) is 63.6 Å². The van der Waals surface area contributed by atoms with E-state index >= 15 is 0 Å². The number of nitrogens with zero attached hydrogens (tertiary/aromatic N) is 2. The average Bonchev–Trinajstić information content (AvgIpc) is 3.06. The predicted octanol–water partition coefficient (Wildman–Crippen LogP) is 4.13. The van der Waals surface area contributed by atoms with Crippen LogP contribution in [-0.2, 0) is 4.79 Å². The van der Waals surface area contributed by atoms with E-state index in [-0.39, 0.29) is 18.4 Å². The second-order valence-corrected chi connectivity index (χ2v) is 8.83. The molecule has 2 saturated heterocycles. The van der Waals surface area contributed by atoms with Crippen LogP contribution in [-0.4, -0.2) is 29.4 Å². The third kappa shape index (κ3) is 4.11. The maximum absolute atomic E-state index is 11.9. The van der Waals surface area contributed by atoms with E-state index in [1.54, 1.807) is 0 Å². The predicted molar refractivity (Wildman–Crippen MR) is 97.0 cm³/mol. The van der Waals surface area contributed by atoms with Crippen molar-refractivity contribution in [3.8, 4) is 6.07 Å². The zero-order chi connectivity index (χ0) is 17.1. The zero-order valence-corrected chi connectivity index (χ0v) is 15.6. The summed E-state index contributed by atoms with van der Waals surface area (Å²) in [5, 5.41) is 11.7. The van der Waals surface area contributed by atoms with Crippen LogP contribution < -0.4 is 5.32 Å². The highest BCUT2D eigenvalue weighted by Crippen LogP contribution is 2.39. The first-order valence-electron chi connectivity index (χ1n) is 8.74. The summed E-state index contributed by atoms with van der Waals surface area (Å²) in [6.07, 6.45) is 5.99. The lowest BCUT2D eigenvalue weighted by Crippen LogP contribution is -2.43. The smallest absolute Gasteiger partial charge is 0.234 e. The SMILES string of the molecule is CC1CC2CCC(C1)N2CC[C@H](NC(=O)CC#N)c1ccc(Cl)s1. The van der Waals surface area contributed by atoms with E-state index in [0.717, 1.165) is 28.1 Å². The summed E-state index contributed by atoms with van der Waals surface area (Å²) in [5.41, 5.74) is 0. The van der Waals surface area contributed by atoms with Gasteiger partial charge in [0.25, 0.3) is 0 Å².